The molecule has 0 saturated carbocycles. The number of ether oxygens (including phenoxy) is 2. The molecule has 2 aromatic carbocycles. The van der Waals surface area contributed by atoms with E-state index in [2.05, 4.69) is 22.3 Å². The Kier molecular flexibility index (Phi) is 9.90. The molecule has 1 N–H and O–H groups in total. The highest BCUT2D eigenvalue weighted by Gasteiger charge is 2.32. The van der Waals surface area contributed by atoms with Gasteiger partial charge in [0.15, 0.2) is 15.5 Å². The normalized spacial score (nSPS) is 11.4. The fourth-order valence-corrected chi connectivity index (χ4v) is 5.00. The van der Waals surface area contributed by atoms with Crippen LogP contribution >= 0.6 is 23.2 Å². The summed E-state index contributed by atoms with van der Waals surface area (Å²) in [5.74, 6) is 5.05. The van der Waals surface area contributed by atoms with Crippen LogP contribution in [0.2, 0.25) is 10.0 Å². The molecular weight excluding hydrogens is 577 g/mol. The van der Waals surface area contributed by atoms with Crippen molar-refractivity contribution in [2.75, 3.05) is 19.4 Å². The highest BCUT2D eigenvalue weighted by Crippen LogP contribution is 2.35. The number of carbonyl (C=O) groups is 2. The van der Waals surface area contributed by atoms with Gasteiger partial charge in [0.2, 0.25) is 0 Å². The standard InChI is InChI=1S/C28H29Cl2N3O6S/c1-6-38-26(34)23-25(40(5,36)37)24(19-11-13-20(29)14-12-19)33(32-23)22-15-10-18(17-21(22)30)9-7-8-16-31-27(35)39-28(2,3)4/h10-15,17H,6,8,16H2,1-5H3,(H,31,35). The number of esters is 1. The lowest BCUT2D eigenvalue weighted by Crippen LogP contribution is -2.32. The minimum absolute atomic E-state index is 0.0343. The predicted molar refractivity (Wildman–Crippen MR) is 154 cm³/mol. The average Bonchev–Trinajstić information content (AvgIpc) is 3.24. The van der Waals surface area contributed by atoms with Gasteiger partial charge in [0.05, 0.1) is 23.0 Å². The Balaban J connectivity index is 1.99. The quantitative estimate of drug-likeness (QED) is 0.209. The van der Waals surface area contributed by atoms with Gasteiger partial charge in [-0.1, -0.05) is 47.2 Å². The summed E-state index contributed by atoms with van der Waals surface area (Å²) >= 11 is 12.7. The number of benzene rings is 2. The van der Waals surface area contributed by atoms with E-state index in [0.717, 1.165) is 6.26 Å². The summed E-state index contributed by atoms with van der Waals surface area (Å²) in [5, 5.41) is 7.64. The predicted octanol–water partition coefficient (Wildman–Crippen LogP) is 5.69. The van der Waals surface area contributed by atoms with E-state index in [1.54, 1.807) is 70.2 Å². The maximum absolute atomic E-state index is 12.9. The second-order valence-electron chi connectivity index (χ2n) is 9.58. The lowest BCUT2D eigenvalue weighted by Gasteiger charge is -2.19. The lowest BCUT2D eigenvalue weighted by atomic mass is 10.1. The fraction of sp³-hybridized carbons (Fsp3) is 0.321. The molecule has 1 aromatic heterocycles. The summed E-state index contributed by atoms with van der Waals surface area (Å²) in [7, 11) is -3.95. The van der Waals surface area contributed by atoms with Crippen molar-refractivity contribution < 1.29 is 27.5 Å². The summed E-state index contributed by atoms with van der Waals surface area (Å²) < 4.78 is 37.4. The Morgan fingerprint density at radius 1 is 1.10 bits per heavy atom. The van der Waals surface area contributed by atoms with E-state index in [4.69, 9.17) is 32.7 Å². The minimum atomic E-state index is -3.95. The van der Waals surface area contributed by atoms with Crippen LogP contribution in [0.3, 0.4) is 0 Å². The van der Waals surface area contributed by atoms with Crippen LogP contribution in [-0.4, -0.2) is 55.3 Å². The van der Waals surface area contributed by atoms with Gasteiger partial charge in [-0.25, -0.2) is 22.7 Å². The Morgan fingerprint density at radius 2 is 1.77 bits per heavy atom. The number of carbonyl (C=O) groups excluding carboxylic acids is 2. The number of rotatable bonds is 7. The first-order valence-corrected chi connectivity index (χ1v) is 14.9. The highest BCUT2D eigenvalue weighted by molar-refractivity contribution is 7.91. The monoisotopic (exact) mass is 605 g/mol. The SMILES string of the molecule is CCOC(=O)c1nn(-c2ccc(C#CCCNC(=O)OC(C)(C)C)cc2Cl)c(-c2ccc(Cl)cc2)c1S(C)(=O)=O. The summed E-state index contributed by atoms with van der Waals surface area (Å²) in [6.45, 7) is 7.28. The molecule has 9 nitrogen and oxygen atoms in total. The van der Waals surface area contributed by atoms with Crippen LogP contribution in [0.5, 0.6) is 0 Å². The number of nitrogens with zero attached hydrogens (tertiary/aromatic N) is 2. The summed E-state index contributed by atoms with van der Waals surface area (Å²) in [4.78, 5) is 24.2. The summed E-state index contributed by atoms with van der Waals surface area (Å²) in [6, 6.07) is 11.4. The molecule has 0 aliphatic heterocycles. The number of sulfone groups is 1. The molecule has 1 heterocycles. The van der Waals surface area contributed by atoms with Crippen LogP contribution in [0.1, 0.15) is 50.2 Å². The maximum Gasteiger partial charge on any atom is 0.407 e. The molecule has 0 bridgehead atoms. The molecule has 0 saturated heterocycles. The molecule has 3 rings (SSSR count). The first-order valence-electron chi connectivity index (χ1n) is 12.2. The van der Waals surface area contributed by atoms with Crippen LogP contribution in [0.4, 0.5) is 4.79 Å². The van der Waals surface area contributed by atoms with E-state index in [1.165, 1.54) is 4.68 Å². The van der Waals surface area contributed by atoms with Crippen LogP contribution in [0.25, 0.3) is 16.9 Å². The Hall–Kier alpha value is -3.52. The number of halogens is 2. The van der Waals surface area contributed by atoms with Gasteiger partial charge in [0.25, 0.3) is 0 Å². The number of amides is 1. The minimum Gasteiger partial charge on any atom is -0.461 e. The molecule has 0 fully saturated rings. The van der Waals surface area contributed by atoms with Crippen molar-refractivity contribution in [1.29, 1.82) is 0 Å². The highest BCUT2D eigenvalue weighted by atomic mass is 35.5. The van der Waals surface area contributed by atoms with E-state index < -0.39 is 27.5 Å². The largest absolute Gasteiger partial charge is 0.461 e. The van der Waals surface area contributed by atoms with Gasteiger partial charge < -0.3 is 14.8 Å². The van der Waals surface area contributed by atoms with E-state index >= 15 is 0 Å². The molecule has 0 spiro atoms. The third kappa shape index (κ3) is 8.01. The Bertz CT molecular complexity index is 1580. The second kappa shape index (κ2) is 12.8. The molecule has 0 aliphatic carbocycles. The van der Waals surface area contributed by atoms with Crippen LogP contribution in [-0.2, 0) is 19.3 Å². The number of aromatic nitrogens is 2. The number of nitrogens with one attached hydrogen (secondary N) is 1. The average molecular weight is 607 g/mol. The third-order valence-corrected chi connectivity index (χ3v) is 6.81. The van der Waals surface area contributed by atoms with E-state index in [0.29, 0.717) is 34.8 Å². The molecule has 0 aliphatic rings. The van der Waals surface area contributed by atoms with Gasteiger partial charge in [-0.05, 0) is 58.0 Å². The van der Waals surface area contributed by atoms with Crippen molar-refractivity contribution >= 4 is 45.1 Å². The molecule has 3 aromatic rings. The zero-order valence-corrected chi connectivity index (χ0v) is 25.0. The van der Waals surface area contributed by atoms with Gasteiger partial charge in [0.1, 0.15) is 10.5 Å². The second-order valence-corrected chi connectivity index (χ2v) is 12.4. The first-order chi connectivity index (χ1) is 18.7. The van der Waals surface area contributed by atoms with Crippen LogP contribution in [0.15, 0.2) is 47.4 Å². The molecular formula is C28H29Cl2N3O6S. The number of hydrogen-bond donors (Lipinski definition) is 1. The molecule has 40 heavy (non-hydrogen) atoms. The molecule has 0 atom stereocenters. The molecule has 0 unspecified atom stereocenters. The van der Waals surface area contributed by atoms with Gasteiger partial charge >= 0.3 is 12.1 Å². The van der Waals surface area contributed by atoms with Gasteiger partial charge in [-0.3, -0.25) is 0 Å². The van der Waals surface area contributed by atoms with Crippen LogP contribution in [0, 0.1) is 11.8 Å². The topological polar surface area (TPSA) is 117 Å². The smallest absolute Gasteiger partial charge is 0.407 e. The molecule has 1 amide bonds. The Labute approximate surface area is 243 Å². The first kappa shape index (κ1) is 31.0. The van der Waals surface area contributed by atoms with Crippen LogP contribution < -0.4 is 5.32 Å². The molecule has 12 heteroatoms. The fourth-order valence-electron chi connectivity index (χ4n) is 3.59. The summed E-state index contributed by atoms with van der Waals surface area (Å²) in [5.41, 5.74) is 0.549. The van der Waals surface area contributed by atoms with Crippen molar-refractivity contribution in [3.05, 3.63) is 63.8 Å². The van der Waals surface area contributed by atoms with E-state index in [9.17, 15) is 18.0 Å². The maximum atomic E-state index is 12.9. The van der Waals surface area contributed by atoms with Crippen molar-refractivity contribution in [2.24, 2.45) is 0 Å². The van der Waals surface area contributed by atoms with E-state index in [1.807, 2.05) is 0 Å². The van der Waals surface area contributed by atoms with Crippen molar-refractivity contribution in [3.8, 4) is 28.8 Å². The van der Waals surface area contributed by atoms with Gasteiger partial charge in [0, 0.05) is 35.4 Å². The van der Waals surface area contributed by atoms with Gasteiger partial charge in [-0.15, -0.1) is 0 Å². The van der Waals surface area contributed by atoms with Crippen molar-refractivity contribution in [1.82, 2.24) is 15.1 Å². The van der Waals surface area contributed by atoms with Crippen molar-refractivity contribution in [3.63, 3.8) is 0 Å². The number of hydrogen-bond acceptors (Lipinski definition) is 7. The zero-order chi connectivity index (χ0) is 29.7. The summed E-state index contributed by atoms with van der Waals surface area (Å²) in [6.07, 6.45) is 0.848. The number of alkyl carbamates (subject to hydrolysis) is 1. The third-order valence-electron chi connectivity index (χ3n) is 5.13. The molecule has 0 radical (unpaired) electrons. The van der Waals surface area contributed by atoms with Gasteiger partial charge in [-0.2, -0.15) is 5.10 Å². The Morgan fingerprint density at radius 3 is 2.35 bits per heavy atom. The zero-order valence-electron chi connectivity index (χ0n) is 22.7. The van der Waals surface area contributed by atoms with Crippen molar-refractivity contribution in [2.45, 2.75) is 44.6 Å². The lowest BCUT2D eigenvalue weighted by molar-refractivity contribution is 0.0509. The molecule has 212 valence electrons. The van der Waals surface area contributed by atoms with E-state index in [-0.39, 0.29) is 27.9 Å².